The second-order valence-corrected chi connectivity index (χ2v) is 6.63. The predicted molar refractivity (Wildman–Crippen MR) is 102 cm³/mol. The molecule has 3 rings (SSSR count). The first kappa shape index (κ1) is 20.1. The van der Waals surface area contributed by atoms with Gasteiger partial charge in [0.2, 0.25) is 5.82 Å². The number of nitrogens with one attached hydrogen (secondary N) is 1. The highest BCUT2D eigenvalue weighted by Crippen LogP contribution is 2.20. The molecule has 0 spiro atoms. The number of rotatable bonds is 9. The highest BCUT2D eigenvalue weighted by molar-refractivity contribution is 7.08. The van der Waals surface area contributed by atoms with Gasteiger partial charge in [0.05, 0.1) is 4.92 Å². The summed E-state index contributed by atoms with van der Waals surface area (Å²) in [6.07, 6.45) is 0.569. The molecule has 0 fully saturated rings. The zero-order chi connectivity index (χ0) is 20.6. The van der Waals surface area contributed by atoms with Crippen molar-refractivity contribution < 1.29 is 23.8 Å². The van der Waals surface area contributed by atoms with Crippen LogP contribution in [0.1, 0.15) is 29.1 Å². The smallest absolute Gasteiger partial charge is 0.306 e. The topological polar surface area (TPSA) is 137 Å². The predicted octanol–water partition coefficient (Wildman–Crippen LogP) is 2.96. The van der Waals surface area contributed by atoms with Gasteiger partial charge in [-0.05, 0) is 30.0 Å². The van der Waals surface area contributed by atoms with Crippen molar-refractivity contribution in [2.45, 2.75) is 19.4 Å². The molecule has 0 atom stereocenters. The Hall–Kier alpha value is -3.60. The number of carbonyl (C=O) groups excluding carboxylic acids is 2. The summed E-state index contributed by atoms with van der Waals surface area (Å²) in [5.41, 5.74) is 1.09. The number of nitro benzene ring substituents is 1. The molecule has 0 aliphatic rings. The molecule has 2 heterocycles. The van der Waals surface area contributed by atoms with Gasteiger partial charge in [-0.1, -0.05) is 5.16 Å². The van der Waals surface area contributed by atoms with Gasteiger partial charge in [0.1, 0.15) is 0 Å². The number of thiophene rings is 1. The quantitative estimate of drug-likeness (QED) is 0.243. The van der Waals surface area contributed by atoms with Gasteiger partial charge in [-0.2, -0.15) is 16.3 Å². The Bertz CT molecular complexity index is 984. The fourth-order valence-electron chi connectivity index (χ4n) is 2.31. The van der Waals surface area contributed by atoms with E-state index >= 15 is 0 Å². The van der Waals surface area contributed by atoms with Gasteiger partial charge < -0.3 is 14.6 Å². The number of nitrogens with zero attached hydrogens (tertiary/aromatic N) is 3. The molecular formula is C18H16N4O6S. The van der Waals surface area contributed by atoms with Gasteiger partial charge >= 0.3 is 5.97 Å². The van der Waals surface area contributed by atoms with Crippen molar-refractivity contribution >= 4 is 28.9 Å². The maximum Gasteiger partial charge on any atom is 0.306 e. The highest BCUT2D eigenvalue weighted by atomic mass is 32.1. The van der Waals surface area contributed by atoms with Crippen LogP contribution in [0.25, 0.3) is 11.4 Å². The maximum atomic E-state index is 11.8. The lowest BCUT2D eigenvalue weighted by molar-refractivity contribution is -0.384. The Morgan fingerprint density at radius 3 is 2.72 bits per heavy atom. The van der Waals surface area contributed by atoms with Crippen LogP contribution in [0, 0.1) is 10.1 Å². The van der Waals surface area contributed by atoms with Crippen LogP contribution in [0.5, 0.6) is 0 Å². The monoisotopic (exact) mass is 416 g/mol. The standard InChI is InChI=1S/C18H16N4O6S/c23-16(2-1-8-19-18(24)13-7-9-29-11-13)27-10-15-20-17(21-28-15)12-3-5-14(6-4-12)22(25)26/h3-7,9,11H,1-2,8,10H2,(H,19,24). The second kappa shape index (κ2) is 9.55. The summed E-state index contributed by atoms with van der Waals surface area (Å²) in [5.74, 6) is -0.284. The third-order valence-electron chi connectivity index (χ3n) is 3.79. The summed E-state index contributed by atoms with van der Waals surface area (Å²) in [6.45, 7) is 0.175. The molecule has 0 saturated carbocycles. The zero-order valence-corrected chi connectivity index (χ0v) is 15.9. The van der Waals surface area contributed by atoms with E-state index in [-0.39, 0.29) is 36.3 Å². The minimum atomic E-state index is -0.502. The molecule has 10 nitrogen and oxygen atoms in total. The lowest BCUT2D eigenvalue weighted by Gasteiger charge is -2.04. The van der Waals surface area contributed by atoms with Crippen LogP contribution in [-0.2, 0) is 16.1 Å². The fourth-order valence-corrected chi connectivity index (χ4v) is 2.94. The number of esters is 1. The molecule has 1 N–H and O–H groups in total. The minimum absolute atomic E-state index is 0.0436. The second-order valence-electron chi connectivity index (χ2n) is 5.85. The lowest BCUT2D eigenvalue weighted by Crippen LogP contribution is -2.24. The third kappa shape index (κ3) is 5.69. The number of hydrogen-bond acceptors (Lipinski definition) is 9. The van der Waals surface area contributed by atoms with Gasteiger partial charge in [0, 0.05) is 41.6 Å². The van der Waals surface area contributed by atoms with Crippen LogP contribution in [0.15, 0.2) is 45.6 Å². The van der Waals surface area contributed by atoms with Crippen LogP contribution in [0.3, 0.4) is 0 Å². The summed E-state index contributed by atoms with van der Waals surface area (Å²) < 4.78 is 10.1. The zero-order valence-electron chi connectivity index (χ0n) is 15.1. The molecule has 0 unspecified atom stereocenters. The van der Waals surface area contributed by atoms with Crippen molar-refractivity contribution in [3.8, 4) is 11.4 Å². The van der Waals surface area contributed by atoms with Crippen molar-refractivity contribution in [3.63, 3.8) is 0 Å². The summed E-state index contributed by atoms with van der Waals surface area (Å²) in [5, 5.41) is 20.7. The average molecular weight is 416 g/mol. The summed E-state index contributed by atoms with van der Waals surface area (Å²) >= 11 is 1.44. The Balaban J connectivity index is 1.39. The number of carbonyl (C=O) groups is 2. The number of benzene rings is 1. The van der Waals surface area contributed by atoms with Crippen molar-refractivity contribution in [2.75, 3.05) is 6.54 Å². The lowest BCUT2D eigenvalue weighted by atomic mass is 10.2. The van der Waals surface area contributed by atoms with E-state index in [1.165, 1.54) is 35.6 Å². The van der Waals surface area contributed by atoms with Gasteiger partial charge in [0.15, 0.2) is 6.61 Å². The van der Waals surface area contributed by atoms with Crippen LogP contribution in [0.4, 0.5) is 5.69 Å². The van der Waals surface area contributed by atoms with E-state index in [9.17, 15) is 19.7 Å². The van der Waals surface area contributed by atoms with Gasteiger partial charge in [-0.25, -0.2) is 0 Å². The van der Waals surface area contributed by atoms with Crippen molar-refractivity contribution in [1.82, 2.24) is 15.5 Å². The Morgan fingerprint density at radius 2 is 2.03 bits per heavy atom. The van der Waals surface area contributed by atoms with E-state index in [1.54, 1.807) is 11.4 Å². The maximum absolute atomic E-state index is 11.8. The summed E-state index contributed by atoms with van der Waals surface area (Å²) in [6, 6.07) is 7.40. The van der Waals surface area contributed by atoms with Crippen molar-refractivity contribution in [3.05, 3.63) is 62.7 Å². The van der Waals surface area contributed by atoms with E-state index in [1.807, 2.05) is 5.38 Å². The normalized spacial score (nSPS) is 10.5. The molecule has 29 heavy (non-hydrogen) atoms. The van der Waals surface area contributed by atoms with Crippen LogP contribution in [-0.4, -0.2) is 33.5 Å². The number of hydrogen-bond donors (Lipinski definition) is 1. The molecule has 1 amide bonds. The first-order chi connectivity index (χ1) is 14.0. The van der Waals surface area contributed by atoms with Crippen LogP contribution in [0.2, 0.25) is 0 Å². The van der Waals surface area contributed by atoms with Gasteiger partial charge in [-0.15, -0.1) is 0 Å². The highest BCUT2D eigenvalue weighted by Gasteiger charge is 2.13. The number of amides is 1. The Morgan fingerprint density at radius 1 is 1.24 bits per heavy atom. The molecule has 1 aromatic carbocycles. The Labute approximate surface area is 168 Å². The summed E-state index contributed by atoms with van der Waals surface area (Å²) in [4.78, 5) is 37.8. The molecule has 150 valence electrons. The van der Waals surface area contributed by atoms with Crippen LogP contribution >= 0.6 is 11.3 Å². The van der Waals surface area contributed by atoms with Crippen LogP contribution < -0.4 is 5.32 Å². The SMILES string of the molecule is O=C(CCCNC(=O)c1ccsc1)OCc1nc(-c2ccc([N+](=O)[O-])cc2)no1. The number of non-ortho nitro benzene ring substituents is 1. The first-order valence-corrected chi connectivity index (χ1v) is 9.50. The minimum Gasteiger partial charge on any atom is -0.456 e. The number of ether oxygens (including phenoxy) is 1. The Kier molecular flexibility index (Phi) is 6.63. The van der Waals surface area contributed by atoms with Crippen molar-refractivity contribution in [1.29, 1.82) is 0 Å². The van der Waals surface area contributed by atoms with E-state index in [0.717, 1.165) is 0 Å². The van der Waals surface area contributed by atoms with E-state index in [4.69, 9.17) is 9.26 Å². The average Bonchev–Trinajstić information content (AvgIpc) is 3.42. The summed E-state index contributed by atoms with van der Waals surface area (Å²) in [7, 11) is 0. The first-order valence-electron chi connectivity index (χ1n) is 8.56. The molecule has 11 heteroatoms. The van der Waals surface area contributed by atoms with Gasteiger partial charge in [-0.3, -0.25) is 19.7 Å². The molecule has 2 aromatic heterocycles. The third-order valence-corrected chi connectivity index (χ3v) is 4.47. The number of aromatic nitrogens is 2. The van der Waals surface area contributed by atoms with E-state index in [2.05, 4.69) is 15.5 Å². The fraction of sp³-hybridized carbons (Fsp3) is 0.222. The number of nitro groups is 1. The molecule has 0 radical (unpaired) electrons. The van der Waals surface area contributed by atoms with Crippen molar-refractivity contribution in [2.24, 2.45) is 0 Å². The largest absolute Gasteiger partial charge is 0.456 e. The molecule has 0 aliphatic carbocycles. The van der Waals surface area contributed by atoms with E-state index in [0.29, 0.717) is 24.1 Å². The molecule has 0 bridgehead atoms. The molecule has 3 aromatic rings. The van der Waals surface area contributed by atoms with Gasteiger partial charge in [0.25, 0.3) is 17.5 Å². The molecule has 0 aliphatic heterocycles. The van der Waals surface area contributed by atoms with E-state index < -0.39 is 10.9 Å². The molecular weight excluding hydrogens is 400 g/mol. The molecule has 0 saturated heterocycles.